The van der Waals surface area contributed by atoms with Crippen molar-refractivity contribution in [3.8, 4) is 0 Å². The smallest absolute Gasteiger partial charge is 0.135 e. The Balaban J connectivity index is 2.02. The molecular weight excluding hydrogens is 262 g/mol. The van der Waals surface area contributed by atoms with Crippen LogP contribution in [-0.4, -0.2) is 14.7 Å². The minimum Gasteiger partial charge on any atom is -0.399 e. The van der Waals surface area contributed by atoms with Crippen LogP contribution >= 0.6 is 0 Å². The molecule has 0 bridgehead atoms. The number of hydrogen-bond donors (Lipinski definition) is 2. The lowest BCUT2D eigenvalue weighted by molar-refractivity contribution is 0.262. The first-order valence-corrected chi connectivity index (χ1v) is 7.10. The molecule has 1 unspecified atom stereocenters. The van der Waals surface area contributed by atoms with Gasteiger partial charge in [0.15, 0.2) is 0 Å². The molecule has 2 aromatic carbocycles. The molecule has 3 rings (SSSR count). The van der Waals surface area contributed by atoms with Gasteiger partial charge in [0.05, 0.1) is 11.0 Å². The highest BCUT2D eigenvalue weighted by atomic mass is 16.3. The Labute approximate surface area is 123 Å². The maximum atomic E-state index is 9.59. The molecule has 0 aliphatic carbocycles. The first-order chi connectivity index (χ1) is 10.2. The van der Waals surface area contributed by atoms with Crippen LogP contribution < -0.4 is 5.73 Å². The number of nitrogens with two attached hydrogens (primary N) is 1. The molecule has 3 aromatic rings. The SMILES string of the molecule is CC(Cc1ccccc1)n1c(CO)nc2cc(N)ccc21. The lowest BCUT2D eigenvalue weighted by Crippen LogP contribution is -2.12. The van der Waals surface area contributed by atoms with E-state index < -0.39 is 0 Å². The summed E-state index contributed by atoms with van der Waals surface area (Å²) in [7, 11) is 0. The molecule has 0 amide bonds. The number of aromatic nitrogens is 2. The second kappa shape index (κ2) is 5.58. The summed E-state index contributed by atoms with van der Waals surface area (Å²) < 4.78 is 2.10. The summed E-state index contributed by atoms with van der Waals surface area (Å²) in [6.07, 6.45) is 0.893. The molecule has 4 nitrogen and oxygen atoms in total. The fourth-order valence-electron chi connectivity index (χ4n) is 2.82. The molecule has 0 radical (unpaired) electrons. The molecule has 1 aromatic heterocycles. The number of benzene rings is 2. The van der Waals surface area contributed by atoms with Crippen molar-refractivity contribution in [2.75, 3.05) is 5.73 Å². The monoisotopic (exact) mass is 281 g/mol. The van der Waals surface area contributed by atoms with Crippen LogP contribution in [0.1, 0.15) is 24.4 Å². The number of anilines is 1. The summed E-state index contributed by atoms with van der Waals surface area (Å²) in [5.74, 6) is 0.680. The zero-order valence-electron chi connectivity index (χ0n) is 12.0. The number of nitrogen functional groups attached to an aromatic ring is 1. The largest absolute Gasteiger partial charge is 0.399 e. The molecule has 0 saturated carbocycles. The van der Waals surface area contributed by atoms with Crippen LogP contribution in [0.2, 0.25) is 0 Å². The summed E-state index contributed by atoms with van der Waals surface area (Å²) in [5, 5.41) is 9.59. The van der Waals surface area contributed by atoms with Crippen LogP contribution in [0.3, 0.4) is 0 Å². The predicted molar refractivity (Wildman–Crippen MR) is 84.9 cm³/mol. The molecule has 3 N–H and O–H groups in total. The molecule has 0 saturated heterocycles. The molecule has 108 valence electrons. The van der Waals surface area contributed by atoms with Crippen molar-refractivity contribution in [1.29, 1.82) is 0 Å². The van der Waals surface area contributed by atoms with Crippen molar-refractivity contribution in [3.05, 3.63) is 59.9 Å². The van der Waals surface area contributed by atoms with Gasteiger partial charge < -0.3 is 15.4 Å². The molecule has 21 heavy (non-hydrogen) atoms. The number of aliphatic hydroxyl groups is 1. The summed E-state index contributed by atoms with van der Waals surface area (Å²) in [5.41, 5.74) is 9.61. The third-order valence-electron chi connectivity index (χ3n) is 3.74. The summed E-state index contributed by atoms with van der Waals surface area (Å²) in [4.78, 5) is 4.49. The molecular formula is C17H19N3O. The maximum Gasteiger partial charge on any atom is 0.135 e. The fraction of sp³-hybridized carbons (Fsp3) is 0.235. The zero-order valence-corrected chi connectivity index (χ0v) is 12.0. The maximum absolute atomic E-state index is 9.59. The first-order valence-electron chi connectivity index (χ1n) is 7.10. The van der Waals surface area contributed by atoms with Gasteiger partial charge in [-0.3, -0.25) is 0 Å². The van der Waals surface area contributed by atoms with Crippen LogP contribution in [0.15, 0.2) is 48.5 Å². The molecule has 1 heterocycles. The van der Waals surface area contributed by atoms with E-state index in [-0.39, 0.29) is 12.6 Å². The summed E-state index contributed by atoms with van der Waals surface area (Å²) in [6.45, 7) is 2.07. The normalized spacial score (nSPS) is 12.7. The van der Waals surface area contributed by atoms with E-state index in [9.17, 15) is 5.11 Å². The Morgan fingerprint density at radius 1 is 1.19 bits per heavy atom. The van der Waals surface area contributed by atoms with Crippen LogP contribution in [0.4, 0.5) is 5.69 Å². The van der Waals surface area contributed by atoms with Crippen LogP contribution in [0, 0.1) is 0 Å². The van der Waals surface area contributed by atoms with Crippen LogP contribution in [0.25, 0.3) is 11.0 Å². The van der Waals surface area contributed by atoms with Gasteiger partial charge in [-0.25, -0.2) is 4.98 Å². The third-order valence-corrected chi connectivity index (χ3v) is 3.74. The average Bonchev–Trinajstić information content (AvgIpc) is 2.85. The van der Waals surface area contributed by atoms with Gasteiger partial charge in [0.1, 0.15) is 12.4 Å². The van der Waals surface area contributed by atoms with Crippen LogP contribution in [0.5, 0.6) is 0 Å². The highest BCUT2D eigenvalue weighted by molar-refractivity contribution is 5.79. The van der Waals surface area contributed by atoms with E-state index in [4.69, 9.17) is 5.73 Å². The van der Waals surface area contributed by atoms with Crippen molar-refractivity contribution in [1.82, 2.24) is 9.55 Å². The molecule has 0 spiro atoms. The van der Waals surface area contributed by atoms with Crippen molar-refractivity contribution >= 4 is 16.7 Å². The minimum atomic E-state index is -0.0757. The molecule has 0 fully saturated rings. The number of rotatable bonds is 4. The van der Waals surface area contributed by atoms with Gasteiger partial charge in [0.25, 0.3) is 0 Å². The highest BCUT2D eigenvalue weighted by Gasteiger charge is 2.15. The molecule has 4 heteroatoms. The van der Waals surface area contributed by atoms with Crippen molar-refractivity contribution < 1.29 is 5.11 Å². The molecule has 1 atom stereocenters. The third kappa shape index (κ3) is 2.62. The number of hydrogen-bond acceptors (Lipinski definition) is 3. The standard InChI is InChI=1S/C17H19N3O/c1-12(9-13-5-3-2-4-6-13)20-16-8-7-14(18)10-15(16)19-17(20)11-21/h2-8,10,12,21H,9,11,18H2,1H3. The Bertz CT molecular complexity index is 749. The van der Waals surface area contributed by atoms with E-state index in [0.29, 0.717) is 11.5 Å². The Kier molecular flexibility index (Phi) is 3.62. The van der Waals surface area contributed by atoms with Gasteiger partial charge in [-0.05, 0) is 37.1 Å². The predicted octanol–water partition coefficient (Wildman–Crippen LogP) is 2.91. The topological polar surface area (TPSA) is 64.1 Å². The second-order valence-electron chi connectivity index (χ2n) is 5.34. The van der Waals surface area contributed by atoms with E-state index in [1.165, 1.54) is 5.56 Å². The van der Waals surface area contributed by atoms with Gasteiger partial charge in [0, 0.05) is 11.7 Å². The van der Waals surface area contributed by atoms with Gasteiger partial charge in [-0.1, -0.05) is 30.3 Å². The second-order valence-corrected chi connectivity index (χ2v) is 5.34. The van der Waals surface area contributed by atoms with E-state index in [2.05, 4.69) is 28.6 Å². The van der Waals surface area contributed by atoms with Gasteiger partial charge in [-0.15, -0.1) is 0 Å². The quantitative estimate of drug-likeness (QED) is 0.723. The number of imidazole rings is 1. The van der Waals surface area contributed by atoms with Gasteiger partial charge in [0.2, 0.25) is 0 Å². The van der Waals surface area contributed by atoms with Gasteiger partial charge >= 0.3 is 0 Å². The van der Waals surface area contributed by atoms with Crippen molar-refractivity contribution in [3.63, 3.8) is 0 Å². The minimum absolute atomic E-state index is 0.0757. The number of nitrogens with zero attached hydrogens (tertiary/aromatic N) is 2. The van der Waals surface area contributed by atoms with E-state index >= 15 is 0 Å². The van der Waals surface area contributed by atoms with E-state index in [0.717, 1.165) is 17.5 Å². The van der Waals surface area contributed by atoms with Crippen molar-refractivity contribution in [2.45, 2.75) is 26.0 Å². The van der Waals surface area contributed by atoms with E-state index in [1.54, 1.807) is 0 Å². The van der Waals surface area contributed by atoms with Crippen molar-refractivity contribution in [2.24, 2.45) is 0 Å². The number of aliphatic hydroxyl groups excluding tert-OH is 1. The number of fused-ring (bicyclic) bond motifs is 1. The molecule has 0 aliphatic heterocycles. The summed E-state index contributed by atoms with van der Waals surface area (Å²) in [6, 6.07) is 16.2. The molecule has 0 aliphatic rings. The summed E-state index contributed by atoms with van der Waals surface area (Å²) >= 11 is 0. The lowest BCUT2D eigenvalue weighted by Gasteiger charge is -2.17. The zero-order chi connectivity index (χ0) is 14.8. The van der Waals surface area contributed by atoms with Gasteiger partial charge in [-0.2, -0.15) is 0 Å². The van der Waals surface area contributed by atoms with Crippen LogP contribution in [-0.2, 0) is 13.0 Å². The first kappa shape index (κ1) is 13.6. The average molecular weight is 281 g/mol. The Hall–Kier alpha value is -2.33. The Morgan fingerprint density at radius 3 is 2.67 bits per heavy atom. The fourth-order valence-corrected chi connectivity index (χ4v) is 2.82. The Morgan fingerprint density at radius 2 is 1.95 bits per heavy atom. The van der Waals surface area contributed by atoms with E-state index in [1.807, 2.05) is 36.4 Å². The lowest BCUT2D eigenvalue weighted by atomic mass is 10.1. The highest BCUT2D eigenvalue weighted by Crippen LogP contribution is 2.25.